The van der Waals surface area contributed by atoms with Crippen molar-refractivity contribution in [2.45, 2.75) is 82.2 Å². The van der Waals surface area contributed by atoms with Crippen molar-refractivity contribution < 1.29 is 39.0 Å². The van der Waals surface area contributed by atoms with Gasteiger partial charge in [0.2, 0.25) is 0 Å². The van der Waals surface area contributed by atoms with Gasteiger partial charge in [-0.3, -0.25) is 0 Å². The molecule has 8 nitrogen and oxygen atoms in total. The highest BCUT2D eigenvalue weighted by molar-refractivity contribution is 5.54. The lowest BCUT2D eigenvalue weighted by molar-refractivity contribution is -0.0894. The van der Waals surface area contributed by atoms with Crippen molar-refractivity contribution >= 4 is 0 Å². The van der Waals surface area contributed by atoms with Crippen LogP contribution in [0.2, 0.25) is 0 Å². The molecule has 0 amide bonds. The number of fused-ring (bicyclic) bond motifs is 4. The van der Waals surface area contributed by atoms with Crippen LogP contribution in [0.15, 0.2) is 48.5 Å². The first kappa shape index (κ1) is 30.2. The maximum Gasteiger partial charge on any atom is 0.128 e. The summed E-state index contributed by atoms with van der Waals surface area (Å²) in [5.41, 5.74) is 4.29. The Bertz CT molecular complexity index is 1500. The molecule has 3 aliphatic heterocycles. The number of aliphatic hydroxyl groups is 2. The number of benzene rings is 3. The molecule has 0 saturated heterocycles. The minimum absolute atomic E-state index is 0.151. The van der Waals surface area contributed by atoms with Gasteiger partial charge in [-0.1, -0.05) is 12.1 Å². The van der Waals surface area contributed by atoms with Crippen molar-refractivity contribution in [1.29, 1.82) is 0 Å². The van der Waals surface area contributed by atoms with Crippen LogP contribution < -0.4 is 18.9 Å². The van der Waals surface area contributed by atoms with E-state index < -0.39 is 24.0 Å². The van der Waals surface area contributed by atoms with Crippen LogP contribution in [-0.2, 0) is 17.6 Å². The molecule has 1 saturated carbocycles. The number of aliphatic hydroxyl groups excluding tert-OH is 2. The number of aromatic hydroxyl groups is 1. The minimum Gasteiger partial charge on any atom is -0.508 e. The Kier molecular flexibility index (Phi) is 8.80. The van der Waals surface area contributed by atoms with Crippen molar-refractivity contribution in [3.63, 3.8) is 0 Å². The van der Waals surface area contributed by atoms with Gasteiger partial charge >= 0.3 is 0 Å². The summed E-state index contributed by atoms with van der Waals surface area (Å²) in [6, 6.07) is 15.0. The first-order chi connectivity index (χ1) is 22.0. The van der Waals surface area contributed by atoms with Crippen LogP contribution in [0.3, 0.4) is 0 Å². The van der Waals surface area contributed by atoms with Crippen LogP contribution in [0.25, 0.3) is 0 Å². The Hall–Kier alpha value is -3.46. The molecule has 0 bridgehead atoms. The topological polar surface area (TPSA) is 107 Å². The zero-order valence-corrected chi connectivity index (χ0v) is 26.0. The molecule has 3 heterocycles. The summed E-state index contributed by atoms with van der Waals surface area (Å²) in [4.78, 5) is 0. The molecule has 5 unspecified atom stereocenters. The highest BCUT2D eigenvalue weighted by atomic mass is 16.5. The molecule has 0 aromatic heterocycles. The fraction of sp³-hybridized carbons (Fsp3) is 0.514. The first-order valence-corrected chi connectivity index (χ1v) is 16.5. The molecule has 4 aliphatic rings. The quantitative estimate of drug-likeness (QED) is 0.244. The largest absolute Gasteiger partial charge is 0.508 e. The molecule has 3 aromatic carbocycles. The third-order valence-corrected chi connectivity index (χ3v) is 10.0. The summed E-state index contributed by atoms with van der Waals surface area (Å²) in [5, 5.41) is 34.5. The Morgan fingerprint density at radius 3 is 2.60 bits per heavy atom. The molecule has 1 fully saturated rings. The second kappa shape index (κ2) is 13.1. The molecular formula is C37H44O8. The Morgan fingerprint density at radius 1 is 0.933 bits per heavy atom. The van der Waals surface area contributed by atoms with Gasteiger partial charge in [0, 0.05) is 54.2 Å². The maximum absolute atomic E-state index is 12.2. The summed E-state index contributed by atoms with van der Waals surface area (Å²) in [5.74, 6) is 2.22. The van der Waals surface area contributed by atoms with E-state index in [9.17, 15) is 15.3 Å². The Labute approximate surface area is 264 Å². The SMILES string of the molecule is COCCCC1Oc2ccc3c(c2C(O)C1C1COc2c(Cc4cccc(O)c4)cc(OC4CCCC4)cc2C1O)CCCO3. The van der Waals surface area contributed by atoms with Crippen LogP contribution in [0.5, 0.6) is 28.7 Å². The molecule has 7 rings (SSSR count). The number of phenolic OH excluding ortho intramolecular Hbond substituents is 1. The predicted octanol–water partition coefficient (Wildman–Crippen LogP) is 6.21. The van der Waals surface area contributed by atoms with Gasteiger partial charge in [0.15, 0.2) is 0 Å². The summed E-state index contributed by atoms with van der Waals surface area (Å²) in [7, 11) is 1.69. The number of hydrogen-bond acceptors (Lipinski definition) is 8. The third-order valence-electron chi connectivity index (χ3n) is 10.0. The molecule has 5 atom stereocenters. The van der Waals surface area contributed by atoms with Crippen LogP contribution >= 0.6 is 0 Å². The van der Waals surface area contributed by atoms with E-state index in [0.29, 0.717) is 48.9 Å². The lowest BCUT2D eigenvalue weighted by Crippen LogP contribution is -2.46. The summed E-state index contributed by atoms with van der Waals surface area (Å²) >= 11 is 0. The van der Waals surface area contributed by atoms with Crippen molar-refractivity contribution in [3.05, 3.63) is 76.3 Å². The van der Waals surface area contributed by atoms with E-state index in [1.807, 2.05) is 36.4 Å². The van der Waals surface area contributed by atoms with Gasteiger partial charge in [-0.15, -0.1) is 0 Å². The van der Waals surface area contributed by atoms with Crippen LogP contribution in [0.4, 0.5) is 0 Å². The van der Waals surface area contributed by atoms with Gasteiger partial charge in [0.25, 0.3) is 0 Å². The lowest BCUT2D eigenvalue weighted by atomic mass is 9.71. The summed E-state index contributed by atoms with van der Waals surface area (Å²) < 4.78 is 31.0. The van der Waals surface area contributed by atoms with Gasteiger partial charge < -0.3 is 39.0 Å². The number of ether oxygens (including phenoxy) is 5. The molecule has 3 N–H and O–H groups in total. The average molecular weight is 617 g/mol. The number of phenols is 1. The van der Waals surface area contributed by atoms with E-state index >= 15 is 0 Å². The number of rotatable bonds is 9. The Balaban J connectivity index is 1.25. The van der Waals surface area contributed by atoms with Crippen molar-refractivity contribution in [2.24, 2.45) is 11.8 Å². The molecule has 8 heteroatoms. The highest BCUT2D eigenvalue weighted by Gasteiger charge is 2.48. The van der Waals surface area contributed by atoms with E-state index in [0.717, 1.165) is 72.9 Å². The lowest BCUT2D eigenvalue weighted by Gasteiger charge is -2.45. The zero-order chi connectivity index (χ0) is 30.9. The second-order valence-electron chi connectivity index (χ2n) is 13.0. The van der Waals surface area contributed by atoms with Crippen LogP contribution in [-0.4, -0.2) is 54.5 Å². The van der Waals surface area contributed by atoms with Gasteiger partial charge in [-0.2, -0.15) is 0 Å². The normalized spacial score (nSPS) is 25.7. The van der Waals surface area contributed by atoms with E-state index in [4.69, 9.17) is 23.7 Å². The fourth-order valence-electron chi connectivity index (χ4n) is 7.89. The standard InChI is InChI=1S/C37H44O8/c1-41-15-6-12-31-34(36(40)33-27-11-5-16-42-30(27)13-14-32(33)45-31)29-21-43-37-23(17-22-7-4-8-24(38)18-22)19-26(20-28(37)35(29)39)44-25-9-2-3-10-25/h4,7-8,13-14,18-20,25,29,31,34-36,38-40H,2-3,5-6,9-12,15-17,21H2,1H3. The third kappa shape index (κ3) is 6.08. The van der Waals surface area contributed by atoms with Gasteiger partial charge in [-0.05, 0) is 93.3 Å². The van der Waals surface area contributed by atoms with Gasteiger partial charge in [0.1, 0.15) is 34.9 Å². The maximum atomic E-state index is 12.2. The molecule has 1 aliphatic carbocycles. The molecule has 3 aromatic rings. The smallest absolute Gasteiger partial charge is 0.128 e. The second-order valence-corrected chi connectivity index (χ2v) is 13.0. The molecular weight excluding hydrogens is 572 g/mol. The monoisotopic (exact) mass is 616 g/mol. The van der Waals surface area contributed by atoms with E-state index in [-0.39, 0.29) is 24.6 Å². The number of hydrogen-bond donors (Lipinski definition) is 3. The summed E-state index contributed by atoms with van der Waals surface area (Å²) in [6.45, 7) is 1.48. The molecule has 45 heavy (non-hydrogen) atoms. The van der Waals surface area contributed by atoms with E-state index in [1.54, 1.807) is 19.2 Å². The molecule has 0 radical (unpaired) electrons. The van der Waals surface area contributed by atoms with Gasteiger partial charge in [-0.25, -0.2) is 0 Å². The van der Waals surface area contributed by atoms with Gasteiger partial charge in [0.05, 0.1) is 31.5 Å². The minimum atomic E-state index is -0.908. The zero-order valence-electron chi connectivity index (χ0n) is 26.0. The summed E-state index contributed by atoms with van der Waals surface area (Å²) in [6.07, 6.45) is 6.04. The van der Waals surface area contributed by atoms with Crippen LogP contribution in [0.1, 0.15) is 85.0 Å². The Morgan fingerprint density at radius 2 is 1.78 bits per heavy atom. The van der Waals surface area contributed by atoms with E-state index in [1.165, 1.54) is 0 Å². The molecule has 0 spiro atoms. The average Bonchev–Trinajstić information content (AvgIpc) is 3.55. The van der Waals surface area contributed by atoms with Crippen molar-refractivity contribution in [2.75, 3.05) is 26.9 Å². The number of methoxy groups -OCH3 is 1. The molecule has 240 valence electrons. The van der Waals surface area contributed by atoms with Crippen LogP contribution in [0, 0.1) is 11.8 Å². The highest BCUT2D eigenvalue weighted by Crippen LogP contribution is 2.53. The first-order valence-electron chi connectivity index (χ1n) is 16.5. The predicted molar refractivity (Wildman–Crippen MR) is 168 cm³/mol. The van der Waals surface area contributed by atoms with Crippen molar-refractivity contribution in [3.8, 4) is 28.7 Å². The fourth-order valence-corrected chi connectivity index (χ4v) is 7.89. The van der Waals surface area contributed by atoms with E-state index in [2.05, 4.69) is 0 Å². The van der Waals surface area contributed by atoms with Crippen molar-refractivity contribution in [1.82, 2.24) is 0 Å².